The maximum Gasteiger partial charge on any atom is 0.324 e. The fourth-order valence-corrected chi connectivity index (χ4v) is 3.43. The van der Waals surface area contributed by atoms with E-state index in [9.17, 15) is 9.59 Å². The van der Waals surface area contributed by atoms with Crippen LogP contribution in [0.15, 0.2) is 23.2 Å². The van der Waals surface area contributed by atoms with E-state index in [-0.39, 0.29) is 18.5 Å². The Balaban J connectivity index is 1.51. The number of amides is 3. The van der Waals surface area contributed by atoms with Crippen LogP contribution in [0.2, 0.25) is 0 Å². The molecule has 0 radical (unpaired) electrons. The van der Waals surface area contributed by atoms with Gasteiger partial charge in [-0.3, -0.25) is 14.7 Å². The lowest BCUT2D eigenvalue weighted by molar-refractivity contribution is -0.124. The Morgan fingerprint density at radius 1 is 1.19 bits per heavy atom. The number of carbonyl (C=O) groups is 2. The number of benzene rings is 1. The van der Waals surface area contributed by atoms with Gasteiger partial charge < -0.3 is 30.4 Å². The Kier molecular flexibility index (Phi) is 7.58. The number of aryl methyl sites for hydroxylation is 1. The van der Waals surface area contributed by atoms with Gasteiger partial charge in [0.1, 0.15) is 11.5 Å². The monoisotopic (exact) mass is 430 g/mol. The van der Waals surface area contributed by atoms with Crippen LogP contribution < -0.4 is 25.4 Å². The number of rotatable bonds is 10. The second kappa shape index (κ2) is 10.6. The number of hydrogen-bond acceptors (Lipinski definition) is 5. The molecule has 0 saturated carbocycles. The third kappa shape index (κ3) is 5.59. The van der Waals surface area contributed by atoms with Gasteiger partial charge in [0.05, 0.1) is 26.3 Å². The minimum absolute atomic E-state index is 0.0688. The highest BCUT2D eigenvalue weighted by molar-refractivity contribution is 6.02. The molecule has 1 aromatic heterocycles. The fraction of sp³-hybridized carbons (Fsp3) is 0.476. The van der Waals surface area contributed by atoms with Gasteiger partial charge in [0.25, 0.3) is 0 Å². The predicted molar refractivity (Wildman–Crippen MR) is 119 cm³/mol. The van der Waals surface area contributed by atoms with Crippen molar-refractivity contribution in [3.8, 4) is 11.5 Å². The Morgan fingerprint density at radius 2 is 2.03 bits per heavy atom. The molecular weight excluding hydrogens is 400 g/mol. The number of fused-ring (bicyclic) bond motifs is 1. The highest BCUT2D eigenvalue weighted by Gasteiger charge is 2.27. The number of guanidine groups is 1. The number of H-pyrrole nitrogens is 1. The van der Waals surface area contributed by atoms with Crippen molar-refractivity contribution in [3.63, 3.8) is 0 Å². The lowest BCUT2D eigenvalue weighted by Gasteiger charge is -2.15. The summed E-state index contributed by atoms with van der Waals surface area (Å²) < 4.78 is 10.8. The number of nitrogens with zero attached hydrogens (tertiary/aromatic N) is 2. The molecule has 0 atom stereocenters. The lowest BCUT2D eigenvalue weighted by Crippen LogP contribution is -2.43. The second-order valence-corrected chi connectivity index (χ2v) is 7.08. The van der Waals surface area contributed by atoms with Gasteiger partial charge in [-0.1, -0.05) is 0 Å². The summed E-state index contributed by atoms with van der Waals surface area (Å²) >= 11 is 0. The summed E-state index contributed by atoms with van der Waals surface area (Å²) in [6.07, 6.45) is 1.70. The van der Waals surface area contributed by atoms with Crippen molar-refractivity contribution in [1.82, 2.24) is 25.8 Å². The lowest BCUT2D eigenvalue weighted by atomic mass is 10.2. The number of imide groups is 1. The zero-order valence-corrected chi connectivity index (χ0v) is 18.2. The van der Waals surface area contributed by atoms with Crippen LogP contribution in [0.3, 0.4) is 0 Å². The quantitative estimate of drug-likeness (QED) is 0.195. The molecule has 168 valence electrons. The molecule has 1 fully saturated rings. The molecule has 4 N–H and O–H groups in total. The molecule has 0 bridgehead atoms. The van der Waals surface area contributed by atoms with Gasteiger partial charge in [0, 0.05) is 49.4 Å². The number of methoxy groups -OCH3 is 2. The van der Waals surface area contributed by atoms with Gasteiger partial charge >= 0.3 is 6.03 Å². The van der Waals surface area contributed by atoms with Crippen LogP contribution in [-0.4, -0.2) is 74.7 Å². The average Bonchev–Trinajstić information content (AvgIpc) is 3.33. The first-order chi connectivity index (χ1) is 15.0. The molecule has 1 saturated heterocycles. The van der Waals surface area contributed by atoms with Gasteiger partial charge in [-0.2, -0.15) is 0 Å². The first-order valence-corrected chi connectivity index (χ1v) is 10.4. The van der Waals surface area contributed by atoms with E-state index >= 15 is 0 Å². The first-order valence-electron chi connectivity index (χ1n) is 10.4. The van der Waals surface area contributed by atoms with Crippen molar-refractivity contribution < 1.29 is 19.1 Å². The van der Waals surface area contributed by atoms with Crippen molar-refractivity contribution >= 4 is 28.8 Å². The average molecular weight is 431 g/mol. The summed E-state index contributed by atoms with van der Waals surface area (Å²) in [7, 11) is 3.28. The molecule has 2 aromatic rings. The smallest absolute Gasteiger partial charge is 0.324 e. The van der Waals surface area contributed by atoms with E-state index < -0.39 is 0 Å². The van der Waals surface area contributed by atoms with Gasteiger partial charge in [-0.25, -0.2) is 4.79 Å². The van der Waals surface area contributed by atoms with Gasteiger partial charge in [0.15, 0.2) is 5.96 Å². The van der Waals surface area contributed by atoms with E-state index in [1.807, 2.05) is 19.1 Å². The van der Waals surface area contributed by atoms with Gasteiger partial charge in [-0.05, 0) is 25.8 Å². The van der Waals surface area contributed by atoms with E-state index in [1.165, 1.54) is 4.90 Å². The minimum atomic E-state index is -0.346. The molecule has 1 aliphatic rings. The summed E-state index contributed by atoms with van der Waals surface area (Å²) in [6, 6.07) is 5.58. The summed E-state index contributed by atoms with van der Waals surface area (Å²) in [5, 5.41) is 9.87. The number of aromatic amines is 1. The number of nitrogens with one attached hydrogen (secondary N) is 4. The zero-order valence-electron chi connectivity index (χ0n) is 18.2. The molecular formula is C21H30N6O4. The van der Waals surface area contributed by atoms with Crippen LogP contribution in [-0.2, 0) is 11.2 Å². The molecule has 2 heterocycles. The summed E-state index contributed by atoms with van der Waals surface area (Å²) in [5.74, 6) is 1.98. The van der Waals surface area contributed by atoms with Crippen LogP contribution in [0.5, 0.6) is 11.5 Å². The largest absolute Gasteiger partial charge is 0.497 e. The molecule has 10 nitrogen and oxygen atoms in total. The summed E-state index contributed by atoms with van der Waals surface area (Å²) in [5.41, 5.74) is 2.08. The maximum atomic E-state index is 11.6. The number of ether oxygens (including phenoxy) is 2. The summed E-state index contributed by atoms with van der Waals surface area (Å²) in [4.78, 5) is 32.4. The zero-order chi connectivity index (χ0) is 22.2. The van der Waals surface area contributed by atoms with Crippen LogP contribution >= 0.6 is 0 Å². The molecule has 1 aromatic carbocycles. The van der Waals surface area contributed by atoms with E-state index in [1.54, 1.807) is 14.2 Å². The highest BCUT2D eigenvalue weighted by Crippen LogP contribution is 2.31. The first kappa shape index (κ1) is 22.3. The Bertz CT molecular complexity index is 939. The van der Waals surface area contributed by atoms with E-state index in [4.69, 9.17) is 9.47 Å². The normalized spacial score (nSPS) is 14.2. The Morgan fingerprint density at radius 3 is 2.71 bits per heavy atom. The highest BCUT2D eigenvalue weighted by atomic mass is 16.5. The maximum absolute atomic E-state index is 11.6. The molecule has 0 unspecified atom stereocenters. The molecule has 3 rings (SSSR count). The fourth-order valence-electron chi connectivity index (χ4n) is 3.43. The second-order valence-electron chi connectivity index (χ2n) is 7.08. The summed E-state index contributed by atoms with van der Waals surface area (Å²) in [6.45, 7) is 4.15. The van der Waals surface area contributed by atoms with Crippen molar-refractivity contribution in [1.29, 1.82) is 0 Å². The molecule has 31 heavy (non-hydrogen) atoms. The number of hydrogen-bond donors (Lipinski definition) is 4. The minimum Gasteiger partial charge on any atom is -0.497 e. The topological polar surface area (TPSA) is 120 Å². The standard InChI is InChI=1S/C21H30N6O4/c1-4-22-20(24-8-9-27-19(28)13-25-21(27)29)23-7-5-6-14-10-16-17(26-14)11-15(30-2)12-18(16)31-3/h10-12,26H,4-9,13H2,1-3H3,(H,25,29)(H2,22,23,24). The van der Waals surface area contributed by atoms with Crippen molar-refractivity contribution in [3.05, 3.63) is 23.9 Å². The number of aliphatic imine (C=N–C) groups is 1. The third-order valence-electron chi connectivity index (χ3n) is 4.97. The van der Waals surface area contributed by atoms with Crippen LogP contribution in [0.1, 0.15) is 19.0 Å². The van der Waals surface area contributed by atoms with Crippen molar-refractivity contribution in [2.24, 2.45) is 4.99 Å². The number of aromatic nitrogens is 1. The molecule has 10 heteroatoms. The van der Waals surface area contributed by atoms with E-state index in [0.717, 1.165) is 47.5 Å². The number of urea groups is 1. The molecule has 0 spiro atoms. The SMILES string of the molecule is CCNC(=NCCCc1cc2c(OC)cc(OC)cc2[nH]1)NCCN1C(=O)CNC1=O. The third-order valence-corrected chi connectivity index (χ3v) is 4.97. The van der Waals surface area contributed by atoms with Crippen LogP contribution in [0.25, 0.3) is 10.9 Å². The Labute approximate surface area is 181 Å². The van der Waals surface area contributed by atoms with Gasteiger partial charge in [0.2, 0.25) is 5.91 Å². The molecule has 3 amide bonds. The van der Waals surface area contributed by atoms with Crippen molar-refractivity contribution in [2.45, 2.75) is 19.8 Å². The molecule has 1 aliphatic heterocycles. The van der Waals surface area contributed by atoms with Gasteiger partial charge in [-0.15, -0.1) is 0 Å². The van der Waals surface area contributed by atoms with Crippen LogP contribution in [0.4, 0.5) is 4.79 Å². The predicted octanol–water partition coefficient (Wildman–Crippen LogP) is 1.22. The van der Waals surface area contributed by atoms with Crippen LogP contribution in [0, 0.1) is 0 Å². The number of carbonyl (C=O) groups excluding carboxylic acids is 2. The van der Waals surface area contributed by atoms with E-state index in [0.29, 0.717) is 25.6 Å². The van der Waals surface area contributed by atoms with Crippen molar-refractivity contribution in [2.75, 3.05) is 46.9 Å². The van der Waals surface area contributed by atoms with E-state index in [2.05, 4.69) is 32.0 Å². The Hall–Kier alpha value is -3.43. The molecule has 0 aliphatic carbocycles.